The van der Waals surface area contributed by atoms with Crippen LogP contribution in [0, 0.1) is 0 Å². The van der Waals surface area contributed by atoms with Crippen LogP contribution in [0.2, 0.25) is 0 Å². The van der Waals surface area contributed by atoms with Gasteiger partial charge in [-0.2, -0.15) is 16.4 Å². The second-order valence-electron chi connectivity index (χ2n) is 6.25. The fraction of sp³-hybridized carbons (Fsp3) is 0.263. The van der Waals surface area contributed by atoms with Crippen molar-refractivity contribution in [3.05, 3.63) is 65.1 Å². The minimum absolute atomic E-state index is 0.0618. The van der Waals surface area contributed by atoms with Crippen LogP contribution < -0.4 is 5.32 Å². The highest BCUT2D eigenvalue weighted by Gasteiger charge is 2.30. The maximum Gasteiger partial charge on any atom is 0.241 e. The Hall–Kier alpha value is -2.44. The maximum absolute atomic E-state index is 12.8. The molecular weight excluding hydrogens is 332 g/mol. The highest BCUT2D eigenvalue weighted by molar-refractivity contribution is 7.07. The predicted octanol–water partition coefficient (Wildman–Crippen LogP) is 3.54. The number of nitrogens with zero attached hydrogens (tertiary/aromatic N) is 3. The van der Waals surface area contributed by atoms with Gasteiger partial charge in [-0.3, -0.25) is 9.69 Å². The van der Waals surface area contributed by atoms with Gasteiger partial charge in [0.2, 0.25) is 5.91 Å². The predicted molar refractivity (Wildman–Crippen MR) is 99.9 cm³/mol. The van der Waals surface area contributed by atoms with Crippen molar-refractivity contribution >= 4 is 22.9 Å². The molecule has 128 valence electrons. The number of rotatable bonds is 5. The highest BCUT2D eigenvalue weighted by atomic mass is 32.1. The van der Waals surface area contributed by atoms with Gasteiger partial charge < -0.3 is 5.32 Å². The molecule has 6 heteroatoms. The molecule has 0 aliphatic carbocycles. The Kier molecular flexibility index (Phi) is 4.63. The summed E-state index contributed by atoms with van der Waals surface area (Å²) in [6.07, 6.45) is 5.61. The number of nitrogens with one attached hydrogen (secondary N) is 1. The Balaban J connectivity index is 1.45. The van der Waals surface area contributed by atoms with Crippen LogP contribution in [0.1, 0.15) is 18.4 Å². The van der Waals surface area contributed by atoms with Crippen molar-refractivity contribution in [3.8, 4) is 5.69 Å². The van der Waals surface area contributed by atoms with Gasteiger partial charge in [-0.1, -0.05) is 6.07 Å². The molecule has 1 atom stereocenters. The van der Waals surface area contributed by atoms with Gasteiger partial charge in [0.25, 0.3) is 0 Å². The molecule has 1 amide bonds. The van der Waals surface area contributed by atoms with Gasteiger partial charge >= 0.3 is 0 Å². The summed E-state index contributed by atoms with van der Waals surface area (Å²) in [5, 5.41) is 11.5. The molecule has 2 aromatic heterocycles. The number of benzene rings is 1. The van der Waals surface area contributed by atoms with Crippen molar-refractivity contribution in [2.45, 2.75) is 25.4 Å². The van der Waals surface area contributed by atoms with Crippen molar-refractivity contribution in [1.29, 1.82) is 0 Å². The molecule has 1 fully saturated rings. The number of amides is 1. The van der Waals surface area contributed by atoms with E-state index in [1.807, 2.05) is 36.5 Å². The van der Waals surface area contributed by atoms with Gasteiger partial charge in [0.1, 0.15) is 0 Å². The lowest BCUT2D eigenvalue weighted by molar-refractivity contribution is -0.120. The normalized spacial score (nSPS) is 17.7. The second kappa shape index (κ2) is 7.21. The van der Waals surface area contributed by atoms with Gasteiger partial charge in [0, 0.05) is 24.6 Å². The fourth-order valence-corrected chi connectivity index (χ4v) is 3.96. The highest BCUT2D eigenvalue weighted by Crippen LogP contribution is 2.23. The van der Waals surface area contributed by atoms with E-state index in [4.69, 9.17) is 0 Å². The van der Waals surface area contributed by atoms with E-state index in [0.29, 0.717) is 0 Å². The van der Waals surface area contributed by atoms with Crippen LogP contribution >= 0.6 is 11.3 Å². The topological polar surface area (TPSA) is 50.2 Å². The first-order valence-corrected chi connectivity index (χ1v) is 9.40. The average molecular weight is 352 g/mol. The first-order valence-electron chi connectivity index (χ1n) is 8.46. The first kappa shape index (κ1) is 16.1. The lowest BCUT2D eigenvalue weighted by Crippen LogP contribution is -2.39. The maximum atomic E-state index is 12.8. The standard InChI is InChI=1S/C19H20N4OS/c24-19(18-6-2-9-22(18)13-15-7-11-25-14-15)21-16-4-1-5-17(12-16)23-10-3-8-20-23/h1,3-5,7-8,10-12,14,18H,2,6,9,13H2,(H,21,24)/t18-/m1/s1. The van der Waals surface area contributed by atoms with Crippen molar-refractivity contribution in [1.82, 2.24) is 14.7 Å². The number of carbonyl (C=O) groups is 1. The average Bonchev–Trinajstić information content (AvgIpc) is 3.38. The molecule has 25 heavy (non-hydrogen) atoms. The van der Waals surface area contributed by atoms with E-state index in [1.165, 1.54) is 5.56 Å². The van der Waals surface area contributed by atoms with Crippen molar-refractivity contribution in [2.24, 2.45) is 0 Å². The quantitative estimate of drug-likeness (QED) is 0.764. The van der Waals surface area contributed by atoms with Crippen molar-refractivity contribution < 1.29 is 4.79 Å². The summed E-state index contributed by atoms with van der Waals surface area (Å²) in [6, 6.07) is 11.7. The van der Waals surface area contributed by atoms with E-state index >= 15 is 0 Å². The molecule has 1 saturated heterocycles. The van der Waals surface area contributed by atoms with Gasteiger partial charge in [-0.05, 0) is 66.0 Å². The summed E-state index contributed by atoms with van der Waals surface area (Å²) < 4.78 is 1.79. The summed E-state index contributed by atoms with van der Waals surface area (Å²) >= 11 is 1.70. The minimum atomic E-state index is -0.0618. The molecule has 0 bridgehead atoms. The van der Waals surface area contributed by atoms with Crippen LogP contribution in [0.4, 0.5) is 5.69 Å². The molecule has 0 saturated carbocycles. The third-order valence-corrected chi connectivity index (χ3v) is 5.25. The number of anilines is 1. The second-order valence-corrected chi connectivity index (χ2v) is 7.03. The van der Waals surface area contributed by atoms with Gasteiger partial charge in [0.15, 0.2) is 0 Å². The molecule has 0 spiro atoms. The van der Waals surface area contributed by atoms with Crippen LogP contribution in [0.15, 0.2) is 59.6 Å². The van der Waals surface area contributed by atoms with Crippen LogP contribution in [-0.2, 0) is 11.3 Å². The molecule has 0 radical (unpaired) electrons. The molecule has 3 heterocycles. The third-order valence-electron chi connectivity index (χ3n) is 4.51. The largest absolute Gasteiger partial charge is 0.325 e. The lowest BCUT2D eigenvalue weighted by Gasteiger charge is -2.23. The number of hydrogen-bond donors (Lipinski definition) is 1. The number of carbonyl (C=O) groups excluding carboxylic acids is 1. The fourth-order valence-electron chi connectivity index (χ4n) is 3.30. The van der Waals surface area contributed by atoms with Gasteiger partial charge in [-0.25, -0.2) is 4.68 Å². The van der Waals surface area contributed by atoms with E-state index in [2.05, 4.69) is 32.1 Å². The molecular formula is C19H20N4OS. The number of aromatic nitrogens is 2. The molecule has 1 aliphatic rings. The summed E-state index contributed by atoms with van der Waals surface area (Å²) in [4.78, 5) is 15.1. The Morgan fingerprint density at radius 3 is 3.08 bits per heavy atom. The summed E-state index contributed by atoms with van der Waals surface area (Å²) in [5.74, 6) is 0.0744. The molecule has 0 unspecified atom stereocenters. The zero-order valence-electron chi connectivity index (χ0n) is 13.8. The minimum Gasteiger partial charge on any atom is -0.325 e. The van der Waals surface area contributed by atoms with Crippen molar-refractivity contribution in [2.75, 3.05) is 11.9 Å². The van der Waals surface area contributed by atoms with Gasteiger partial charge in [0.05, 0.1) is 11.7 Å². The van der Waals surface area contributed by atoms with E-state index in [9.17, 15) is 4.79 Å². The lowest BCUT2D eigenvalue weighted by atomic mass is 10.2. The van der Waals surface area contributed by atoms with Crippen LogP contribution in [0.25, 0.3) is 5.69 Å². The van der Waals surface area contributed by atoms with E-state index < -0.39 is 0 Å². The zero-order valence-corrected chi connectivity index (χ0v) is 14.7. The summed E-state index contributed by atoms with van der Waals surface area (Å²) in [6.45, 7) is 1.82. The molecule has 4 rings (SSSR count). The Bertz CT molecular complexity index is 829. The third kappa shape index (κ3) is 3.65. The molecule has 1 aliphatic heterocycles. The van der Waals surface area contributed by atoms with Crippen LogP contribution in [0.5, 0.6) is 0 Å². The monoisotopic (exact) mass is 352 g/mol. The molecule has 5 nitrogen and oxygen atoms in total. The van der Waals surface area contributed by atoms with Crippen LogP contribution in [0.3, 0.4) is 0 Å². The number of likely N-dealkylation sites (tertiary alicyclic amines) is 1. The van der Waals surface area contributed by atoms with Gasteiger partial charge in [-0.15, -0.1) is 0 Å². The number of hydrogen-bond acceptors (Lipinski definition) is 4. The molecule has 1 aromatic carbocycles. The van der Waals surface area contributed by atoms with Crippen LogP contribution in [-0.4, -0.2) is 33.2 Å². The molecule has 3 aromatic rings. The Morgan fingerprint density at radius 2 is 2.28 bits per heavy atom. The van der Waals surface area contributed by atoms with E-state index in [0.717, 1.165) is 37.3 Å². The Labute approximate surface area is 150 Å². The van der Waals surface area contributed by atoms with E-state index in [1.54, 1.807) is 22.2 Å². The molecule has 1 N–H and O–H groups in total. The SMILES string of the molecule is O=C(Nc1cccc(-n2cccn2)c1)[C@H]1CCCN1Cc1ccsc1. The first-order chi connectivity index (χ1) is 12.3. The Morgan fingerprint density at radius 1 is 1.32 bits per heavy atom. The summed E-state index contributed by atoms with van der Waals surface area (Å²) in [7, 11) is 0. The van der Waals surface area contributed by atoms with Crippen molar-refractivity contribution in [3.63, 3.8) is 0 Å². The summed E-state index contributed by atoms with van der Waals surface area (Å²) in [5.41, 5.74) is 3.02. The smallest absolute Gasteiger partial charge is 0.241 e. The number of thiophene rings is 1. The zero-order chi connectivity index (χ0) is 17.1. The van der Waals surface area contributed by atoms with E-state index in [-0.39, 0.29) is 11.9 Å².